The van der Waals surface area contributed by atoms with E-state index in [1.54, 1.807) is 19.6 Å². The van der Waals surface area contributed by atoms with Gasteiger partial charge in [-0.1, -0.05) is 23.8 Å². The van der Waals surface area contributed by atoms with E-state index in [-0.39, 0.29) is 84.1 Å². The van der Waals surface area contributed by atoms with Gasteiger partial charge in [-0.3, -0.25) is 38.8 Å². The fourth-order valence-electron chi connectivity index (χ4n) is 4.46. The smallest absolute Gasteiger partial charge is 0.317 e. The Kier molecular flexibility index (Phi) is 12.0. The minimum atomic E-state index is -1.04. The molecule has 1 aliphatic carbocycles. The van der Waals surface area contributed by atoms with Gasteiger partial charge < -0.3 is 26.2 Å². The van der Waals surface area contributed by atoms with Crippen molar-refractivity contribution < 1.29 is 39.6 Å². The van der Waals surface area contributed by atoms with Crippen LogP contribution < -0.4 is 5.73 Å². The van der Waals surface area contributed by atoms with Gasteiger partial charge in [0.2, 0.25) is 0 Å². The van der Waals surface area contributed by atoms with Gasteiger partial charge in [-0.05, 0) is 12.8 Å². The average Bonchev–Trinajstić information content (AvgIpc) is 2.76. The van der Waals surface area contributed by atoms with E-state index in [0.29, 0.717) is 12.8 Å². The van der Waals surface area contributed by atoms with E-state index in [1.165, 1.54) is 0 Å². The summed E-state index contributed by atoms with van der Waals surface area (Å²) in [5.41, 5.74) is 6.89. The van der Waals surface area contributed by atoms with Crippen molar-refractivity contribution in [3.05, 3.63) is 23.8 Å². The molecule has 2 rings (SSSR count). The van der Waals surface area contributed by atoms with Gasteiger partial charge in [0.25, 0.3) is 0 Å². The van der Waals surface area contributed by atoms with Crippen LogP contribution in [0.25, 0.3) is 0 Å². The van der Waals surface area contributed by atoms with E-state index in [4.69, 9.17) is 5.73 Å². The molecule has 0 aromatic carbocycles. The van der Waals surface area contributed by atoms with Gasteiger partial charge in [0.05, 0.1) is 26.2 Å². The number of carboxylic acids is 4. The molecule has 6 N–H and O–H groups in total. The molecule has 0 aromatic heterocycles. The number of hydrogen-bond donors (Lipinski definition) is 5. The highest BCUT2D eigenvalue weighted by Crippen LogP contribution is 2.19. The van der Waals surface area contributed by atoms with Crippen LogP contribution in [0.5, 0.6) is 0 Å². The molecule has 2 atom stereocenters. The lowest BCUT2D eigenvalue weighted by atomic mass is 9.96. The summed E-state index contributed by atoms with van der Waals surface area (Å²) in [5.74, 6) is -4.14. The van der Waals surface area contributed by atoms with Crippen molar-refractivity contribution in [2.24, 2.45) is 5.73 Å². The van der Waals surface area contributed by atoms with Crippen molar-refractivity contribution in [2.45, 2.75) is 24.9 Å². The molecule has 1 aliphatic heterocycles. The lowest BCUT2D eigenvalue weighted by Gasteiger charge is -2.38. The van der Waals surface area contributed by atoms with Crippen molar-refractivity contribution in [1.29, 1.82) is 0 Å². The Balaban J connectivity index is 2.35. The van der Waals surface area contributed by atoms with Crippen molar-refractivity contribution in [3.63, 3.8) is 0 Å². The first-order chi connectivity index (χ1) is 17.0. The Labute approximate surface area is 210 Å². The third-order valence-corrected chi connectivity index (χ3v) is 6.25. The maximum atomic E-state index is 11.7. The molecule has 0 amide bonds. The molecule has 36 heavy (non-hydrogen) atoms. The highest BCUT2D eigenvalue weighted by atomic mass is 16.4. The molecule has 0 radical (unpaired) electrons. The molecule has 2 unspecified atom stereocenters. The van der Waals surface area contributed by atoms with E-state index in [0.717, 1.165) is 5.57 Å². The predicted octanol–water partition coefficient (Wildman–Crippen LogP) is -1.48. The van der Waals surface area contributed by atoms with Crippen LogP contribution in [-0.2, 0) is 19.2 Å². The molecular weight excluding hydrogens is 474 g/mol. The standard InChI is InChI=1S/C23H37N5O8/c24-18-3-1-17(2-4-18)11-19-12-27(15-22(33)34)8-7-25(13-20(29)30)5-6-26(14-21(31)32)9-10-28(19)16-23(35)36/h1-3,18-19H,4-16,24H2,(H,29,30)(H,31,32)(H,33,34)(H,35,36). The van der Waals surface area contributed by atoms with Crippen LogP contribution in [0.15, 0.2) is 23.8 Å². The zero-order chi connectivity index (χ0) is 26.7. The van der Waals surface area contributed by atoms with Crippen molar-refractivity contribution >= 4 is 23.9 Å². The van der Waals surface area contributed by atoms with Crippen LogP contribution in [0.4, 0.5) is 0 Å². The second kappa shape index (κ2) is 14.7. The molecule has 202 valence electrons. The second-order valence-corrected chi connectivity index (χ2v) is 9.23. The van der Waals surface area contributed by atoms with Crippen LogP contribution >= 0.6 is 0 Å². The van der Waals surface area contributed by atoms with E-state index in [9.17, 15) is 39.6 Å². The predicted molar refractivity (Wildman–Crippen MR) is 130 cm³/mol. The van der Waals surface area contributed by atoms with Crippen LogP contribution in [0, 0.1) is 0 Å². The Hall–Kier alpha value is -2.84. The number of rotatable bonds is 10. The maximum absolute atomic E-state index is 11.7. The maximum Gasteiger partial charge on any atom is 0.317 e. The van der Waals surface area contributed by atoms with Gasteiger partial charge >= 0.3 is 23.9 Å². The van der Waals surface area contributed by atoms with Gasteiger partial charge in [-0.2, -0.15) is 0 Å². The fourth-order valence-corrected chi connectivity index (χ4v) is 4.46. The third kappa shape index (κ3) is 11.3. The molecule has 0 bridgehead atoms. The molecule has 1 saturated heterocycles. The lowest BCUT2D eigenvalue weighted by Crippen LogP contribution is -2.53. The first-order valence-electron chi connectivity index (χ1n) is 11.9. The molecule has 1 fully saturated rings. The number of hydrogen-bond acceptors (Lipinski definition) is 9. The molecule has 2 aliphatic rings. The molecule has 0 spiro atoms. The van der Waals surface area contributed by atoms with E-state index < -0.39 is 23.9 Å². The summed E-state index contributed by atoms with van der Waals surface area (Å²) in [7, 11) is 0. The average molecular weight is 512 g/mol. The third-order valence-electron chi connectivity index (χ3n) is 6.25. The molecule has 13 heteroatoms. The Morgan fingerprint density at radius 1 is 0.750 bits per heavy atom. The van der Waals surface area contributed by atoms with Crippen LogP contribution in [-0.4, -0.2) is 148 Å². The van der Waals surface area contributed by atoms with Gasteiger partial charge in [-0.15, -0.1) is 0 Å². The molecule has 1 heterocycles. The fraction of sp³-hybridized carbons (Fsp3) is 0.652. The summed E-state index contributed by atoms with van der Waals surface area (Å²) in [5, 5.41) is 37.7. The Morgan fingerprint density at radius 2 is 1.22 bits per heavy atom. The van der Waals surface area contributed by atoms with Crippen LogP contribution in [0.3, 0.4) is 0 Å². The van der Waals surface area contributed by atoms with Gasteiger partial charge in [0, 0.05) is 57.9 Å². The monoisotopic (exact) mass is 511 g/mol. The highest BCUT2D eigenvalue weighted by molar-refractivity contribution is 5.70. The van der Waals surface area contributed by atoms with Crippen LogP contribution in [0.1, 0.15) is 12.8 Å². The topological polar surface area (TPSA) is 188 Å². The number of aliphatic carboxylic acids is 4. The molecular formula is C23H37N5O8. The number of nitrogens with zero attached hydrogens (tertiary/aromatic N) is 4. The number of allylic oxidation sites excluding steroid dienone is 1. The second-order valence-electron chi connectivity index (χ2n) is 9.23. The Morgan fingerprint density at radius 3 is 1.69 bits per heavy atom. The quantitative estimate of drug-likeness (QED) is 0.229. The largest absolute Gasteiger partial charge is 0.480 e. The summed E-state index contributed by atoms with van der Waals surface area (Å²) in [6.45, 7) is 0.762. The summed E-state index contributed by atoms with van der Waals surface area (Å²) >= 11 is 0. The number of carbonyl (C=O) groups is 4. The van der Waals surface area contributed by atoms with E-state index >= 15 is 0 Å². The highest BCUT2D eigenvalue weighted by Gasteiger charge is 2.27. The zero-order valence-electron chi connectivity index (χ0n) is 20.4. The number of carboxylic acid groups (broad SMARTS) is 4. The van der Waals surface area contributed by atoms with E-state index in [2.05, 4.69) is 0 Å². The van der Waals surface area contributed by atoms with Crippen molar-refractivity contribution in [3.8, 4) is 0 Å². The summed E-state index contributed by atoms with van der Waals surface area (Å²) in [6, 6.07) is -0.460. The van der Waals surface area contributed by atoms with Gasteiger partial charge in [0.1, 0.15) is 0 Å². The first-order valence-corrected chi connectivity index (χ1v) is 11.9. The van der Waals surface area contributed by atoms with Gasteiger partial charge in [-0.25, -0.2) is 0 Å². The summed E-state index contributed by atoms with van der Waals surface area (Å²) in [4.78, 5) is 52.9. The summed E-state index contributed by atoms with van der Waals surface area (Å²) in [6.07, 6.45) is 6.87. The molecule has 0 saturated carbocycles. The van der Waals surface area contributed by atoms with E-state index in [1.807, 2.05) is 18.2 Å². The minimum absolute atomic E-state index is 0.0894. The minimum Gasteiger partial charge on any atom is -0.480 e. The zero-order valence-corrected chi connectivity index (χ0v) is 20.4. The normalized spacial score (nSPS) is 23.9. The molecule has 0 aromatic rings. The SMILES string of the molecule is NC1C=CC(CC2CN(CC(=O)O)CCN(CC(=O)O)CCN(CC(=O)O)CCN2CC(=O)O)=CC1. The first kappa shape index (κ1) is 29.4. The lowest BCUT2D eigenvalue weighted by molar-refractivity contribution is -0.142. The Bertz CT molecular complexity index is 848. The number of nitrogens with two attached hydrogens (primary N) is 1. The van der Waals surface area contributed by atoms with Crippen molar-refractivity contribution in [2.75, 3.05) is 72.0 Å². The van der Waals surface area contributed by atoms with Crippen molar-refractivity contribution in [1.82, 2.24) is 19.6 Å². The summed E-state index contributed by atoms with van der Waals surface area (Å²) < 4.78 is 0. The van der Waals surface area contributed by atoms with Crippen LogP contribution in [0.2, 0.25) is 0 Å². The van der Waals surface area contributed by atoms with Gasteiger partial charge in [0.15, 0.2) is 0 Å². The molecule has 13 nitrogen and oxygen atoms in total.